The Balaban J connectivity index is 0. The Hall–Kier alpha value is -1.10. The van der Waals surface area contributed by atoms with Gasteiger partial charge in [-0.2, -0.15) is 0 Å². The van der Waals surface area contributed by atoms with Gasteiger partial charge in [0.05, 0.1) is 38.1 Å². The third-order valence-corrected chi connectivity index (χ3v) is 3.95. The first-order valence-electron chi connectivity index (χ1n) is 9.12. The van der Waals surface area contributed by atoms with Crippen molar-refractivity contribution in [1.82, 2.24) is 0 Å². The van der Waals surface area contributed by atoms with E-state index in [0.717, 1.165) is 0 Å². The summed E-state index contributed by atoms with van der Waals surface area (Å²) in [7, 11) is 0. The fourth-order valence-electron chi connectivity index (χ4n) is 3.20. The van der Waals surface area contributed by atoms with Crippen LogP contribution in [-0.4, -0.2) is 47.7 Å². The molecule has 0 radical (unpaired) electrons. The van der Waals surface area contributed by atoms with E-state index in [-0.39, 0.29) is 6.42 Å². The smallest absolute Gasteiger partial charge is 0.312 e. The fourth-order valence-corrected chi connectivity index (χ4v) is 3.20. The second-order valence-electron chi connectivity index (χ2n) is 6.23. The normalized spacial score (nSPS) is 12.2. The molecule has 0 saturated carbocycles. The summed E-state index contributed by atoms with van der Waals surface area (Å²) in [4.78, 5) is 20.1. The third kappa shape index (κ3) is 11.1. The van der Waals surface area contributed by atoms with Crippen LogP contribution in [0.4, 0.5) is 0 Å². The molecule has 0 amide bonds. The maximum absolute atomic E-state index is 10.1. The van der Waals surface area contributed by atoms with Gasteiger partial charge < -0.3 is 19.5 Å². The van der Waals surface area contributed by atoms with E-state index in [1.54, 1.807) is 6.92 Å². The van der Waals surface area contributed by atoms with E-state index in [2.05, 4.69) is 27.7 Å². The van der Waals surface area contributed by atoms with Crippen LogP contribution < -0.4 is 5.11 Å². The van der Waals surface area contributed by atoms with Gasteiger partial charge in [0.2, 0.25) is 0 Å². The summed E-state index contributed by atoms with van der Waals surface area (Å²) in [5.41, 5.74) is 0. The van der Waals surface area contributed by atoms with Gasteiger partial charge in [-0.05, 0) is 32.1 Å². The Morgan fingerprint density at radius 2 is 1.17 bits per heavy atom. The van der Waals surface area contributed by atoms with E-state index in [1.807, 2.05) is 0 Å². The first-order chi connectivity index (χ1) is 10.8. The van der Waals surface area contributed by atoms with Crippen molar-refractivity contribution in [3.8, 4) is 0 Å². The average molecular weight is 331 g/mol. The topological polar surface area (TPSA) is 77.4 Å². The number of hydrogen-bond acceptors (Lipinski definition) is 3. The number of quaternary nitrogens is 1. The van der Waals surface area contributed by atoms with E-state index in [9.17, 15) is 14.7 Å². The number of carboxylic acids is 2. The number of nitrogens with zero attached hydrogens (tertiary/aromatic N) is 1. The van der Waals surface area contributed by atoms with Gasteiger partial charge >= 0.3 is 5.97 Å². The second kappa shape index (κ2) is 14.5. The Morgan fingerprint density at radius 3 is 1.30 bits per heavy atom. The third-order valence-electron chi connectivity index (χ3n) is 3.95. The van der Waals surface area contributed by atoms with Crippen LogP contribution in [-0.2, 0) is 9.59 Å². The van der Waals surface area contributed by atoms with Crippen LogP contribution in [0.15, 0.2) is 0 Å². The Morgan fingerprint density at radius 1 is 0.826 bits per heavy atom. The molecule has 138 valence electrons. The molecule has 0 rings (SSSR count). The zero-order chi connectivity index (χ0) is 18.3. The van der Waals surface area contributed by atoms with Crippen molar-refractivity contribution in [2.75, 3.05) is 26.2 Å². The number of carbonyl (C=O) groups excluding carboxylic acids is 1. The molecule has 0 aromatic heterocycles. The predicted molar refractivity (Wildman–Crippen MR) is 91.9 cm³/mol. The zero-order valence-electron chi connectivity index (χ0n) is 15.8. The quantitative estimate of drug-likeness (QED) is 0.440. The van der Waals surface area contributed by atoms with Gasteiger partial charge in [0, 0.05) is 0 Å². The number of hydrogen-bond donors (Lipinski definition) is 1. The molecule has 0 aliphatic carbocycles. The number of carbonyl (C=O) groups is 2. The lowest BCUT2D eigenvalue weighted by atomic mass is 10.1. The zero-order valence-corrected chi connectivity index (χ0v) is 15.8. The minimum absolute atomic E-state index is 0.137. The lowest BCUT2D eigenvalue weighted by Gasteiger charge is -2.38. The molecule has 0 spiro atoms. The first-order valence-corrected chi connectivity index (χ1v) is 9.12. The second-order valence-corrected chi connectivity index (χ2v) is 6.23. The lowest BCUT2D eigenvalue weighted by molar-refractivity contribution is -0.928. The molecular weight excluding hydrogens is 294 g/mol. The maximum atomic E-state index is 10.1. The van der Waals surface area contributed by atoms with Gasteiger partial charge in [0.1, 0.15) is 0 Å². The molecule has 1 N–H and O–H groups in total. The molecular formula is C18H37NO4. The molecule has 0 aliphatic heterocycles. The summed E-state index contributed by atoms with van der Waals surface area (Å²) in [6.07, 6.45) is 6.00. The molecule has 1 unspecified atom stereocenters. The van der Waals surface area contributed by atoms with Crippen molar-refractivity contribution in [3.05, 3.63) is 0 Å². The predicted octanol–water partition coefficient (Wildman–Crippen LogP) is 2.68. The first kappa shape index (κ1) is 24.2. The van der Waals surface area contributed by atoms with E-state index >= 15 is 0 Å². The van der Waals surface area contributed by atoms with Crippen LogP contribution in [0.25, 0.3) is 0 Å². The molecule has 0 aromatic carbocycles. The molecule has 5 nitrogen and oxygen atoms in total. The highest BCUT2D eigenvalue weighted by Crippen LogP contribution is 2.12. The van der Waals surface area contributed by atoms with E-state index in [0.29, 0.717) is 6.42 Å². The summed E-state index contributed by atoms with van der Waals surface area (Å²) in [6.45, 7) is 16.5. The van der Waals surface area contributed by atoms with Gasteiger partial charge in [-0.25, -0.2) is 0 Å². The highest BCUT2D eigenvalue weighted by Gasteiger charge is 2.22. The molecule has 0 aliphatic rings. The molecule has 0 aromatic rings. The Labute approximate surface area is 142 Å². The molecule has 0 fully saturated rings. The molecule has 0 bridgehead atoms. The fraction of sp³-hybridized carbons (Fsp3) is 0.889. The summed E-state index contributed by atoms with van der Waals surface area (Å²) >= 11 is 0. The summed E-state index contributed by atoms with van der Waals surface area (Å²) < 4.78 is 1.38. The SMILES string of the molecule is CCCC(C(=O)[O-])C(=O)O.CCC[N+](CCC)(CCC)CCC. The largest absolute Gasteiger partial charge is 0.549 e. The van der Waals surface area contributed by atoms with Crippen LogP contribution >= 0.6 is 0 Å². The highest BCUT2D eigenvalue weighted by molar-refractivity contribution is 5.91. The van der Waals surface area contributed by atoms with E-state index in [1.165, 1.54) is 56.3 Å². The summed E-state index contributed by atoms with van der Waals surface area (Å²) in [6, 6.07) is 0. The standard InChI is InChI=1S/C12H28N.C6H10O4/c1-5-9-13(10-6-2,11-7-3)12-8-4;1-2-3-4(5(7)8)6(9)10/h5-12H2,1-4H3;4H,2-3H2,1H3,(H,7,8)(H,9,10)/q+1;/p-1. The van der Waals surface area contributed by atoms with Gasteiger partial charge in [-0.3, -0.25) is 4.79 Å². The van der Waals surface area contributed by atoms with Crippen molar-refractivity contribution in [1.29, 1.82) is 0 Å². The minimum atomic E-state index is -1.51. The van der Waals surface area contributed by atoms with Crippen LogP contribution in [0.1, 0.15) is 73.1 Å². The summed E-state index contributed by atoms with van der Waals surface area (Å²) in [5, 5.41) is 18.3. The van der Waals surface area contributed by atoms with Crippen LogP contribution in [0, 0.1) is 5.92 Å². The van der Waals surface area contributed by atoms with Crippen LogP contribution in [0.2, 0.25) is 0 Å². The number of rotatable bonds is 12. The van der Waals surface area contributed by atoms with Crippen molar-refractivity contribution < 1.29 is 24.3 Å². The van der Waals surface area contributed by atoms with Crippen LogP contribution in [0.3, 0.4) is 0 Å². The minimum Gasteiger partial charge on any atom is -0.549 e. The van der Waals surface area contributed by atoms with Gasteiger partial charge in [-0.15, -0.1) is 0 Å². The van der Waals surface area contributed by atoms with Crippen molar-refractivity contribution in [3.63, 3.8) is 0 Å². The van der Waals surface area contributed by atoms with Crippen LogP contribution in [0.5, 0.6) is 0 Å². The monoisotopic (exact) mass is 331 g/mol. The summed E-state index contributed by atoms with van der Waals surface area (Å²) in [5.74, 6) is -4.17. The molecule has 0 heterocycles. The van der Waals surface area contributed by atoms with Crippen molar-refractivity contribution >= 4 is 11.9 Å². The molecule has 23 heavy (non-hydrogen) atoms. The van der Waals surface area contributed by atoms with E-state index in [4.69, 9.17) is 5.11 Å². The molecule has 0 saturated heterocycles. The van der Waals surface area contributed by atoms with Gasteiger partial charge in [-0.1, -0.05) is 41.0 Å². The Kier molecular flexibility index (Phi) is 15.2. The number of carboxylic acid groups (broad SMARTS) is 2. The maximum Gasteiger partial charge on any atom is 0.312 e. The average Bonchev–Trinajstić information content (AvgIpc) is 2.46. The lowest BCUT2D eigenvalue weighted by Crippen LogP contribution is -2.50. The van der Waals surface area contributed by atoms with Crippen molar-refractivity contribution in [2.45, 2.75) is 73.1 Å². The highest BCUT2D eigenvalue weighted by atomic mass is 16.4. The molecule has 5 heteroatoms. The van der Waals surface area contributed by atoms with Gasteiger partial charge in [0.25, 0.3) is 0 Å². The Bertz CT molecular complexity index is 275. The number of aliphatic carboxylic acids is 2. The van der Waals surface area contributed by atoms with Gasteiger partial charge in [0.15, 0.2) is 0 Å². The van der Waals surface area contributed by atoms with Crippen molar-refractivity contribution in [2.24, 2.45) is 5.92 Å². The molecule has 1 atom stereocenters. The van der Waals surface area contributed by atoms with E-state index < -0.39 is 17.9 Å².